The van der Waals surface area contributed by atoms with E-state index < -0.39 is 30.4 Å². The second-order valence-corrected chi connectivity index (χ2v) is 4.89. The number of halogens is 5. The molecule has 0 aliphatic rings. The number of alkyl halides is 3. The van der Waals surface area contributed by atoms with Gasteiger partial charge >= 0.3 is 6.18 Å². The van der Waals surface area contributed by atoms with Gasteiger partial charge in [-0.05, 0) is 32.6 Å². The van der Waals surface area contributed by atoms with Crippen molar-refractivity contribution in [2.75, 3.05) is 26.7 Å². The van der Waals surface area contributed by atoms with E-state index in [2.05, 4.69) is 5.32 Å². The van der Waals surface area contributed by atoms with Gasteiger partial charge in [0.25, 0.3) is 0 Å². The highest BCUT2D eigenvalue weighted by molar-refractivity contribution is 5.22. The third-order valence-electron chi connectivity index (χ3n) is 3.06. The molecule has 2 nitrogen and oxygen atoms in total. The van der Waals surface area contributed by atoms with Gasteiger partial charge in [-0.2, -0.15) is 13.2 Å². The van der Waals surface area contributed by atoms with Crippen LogP contribution in [0.4, 0.5) is 22.0 Å². The van der Waals surface area contributed by atoms with Gasteiger partial charge in [-0.15, -0.1) is 0 Å². The first-order chi connectivity index (χ1) is 9.74. The molecule has 0 aromatic heterocycles. The number of nitrogens with zero attached hydrogens (tertiary/aromatic N) is 1. The molecule has 0 radical (unpaired) electrons. The highest BCUT2D eigenvalue weighted by atomic mass is 19.4. The predicted octanol–water partition coefficient (Wildman–Crippen LogP) is 3.50. The maximum absolute atomic E-state index is 13.8. The van der Waals surface area contributed by atoms with Gasteiger partial charge in [0.2, 0.25) is 0 Å². The van der Waals surface area contributed by atoms with Crippen molar-refractivity contribution >= 4 is 0 Å². The smallest absolute Gasteiger partial charge is 0.310 e. The molecule has 120 valence electrons. The molecule has 0 saturated carbocycles. The molecule has 0 aliphatic heterocycles. The summed E-state index contributed by atoms with van der Waals surface area (Å²) >= 11 is 0. The second kappa shape index (κ2) is 7.70. The van der Waals surface area contributed by atoms with Crippen molar-refractivity contribution in [3.8, 4) is 0 Å². The zero-order valence-electron chi connectivity index (χ0n) is 12.0. The molecule has 1 aromatic rings. The van der Waals surface area contributed by atoms with E-state index in [0.717, 1.165) is 11.0 Å². The van der Waals surface area contributed by atoms with Gasteiger partial charge in [-0.1, -0.05) is 19.1 Å². The van der Waals surface area contributed by atoms with Gasteiger partial charge in [0.15, 0.2) is 11.6 Å². The van der Waals surface area contributed by atoms with E-state index in [9.17, 15) is 22.0 Å². The van der Waals surface area contributed by atoms with Crippen molar-refractivity contribution in [2.45, 2.75) is 25.6 Å². The lowest BCUT2D eigenvalue weighted by Crippen LogP contribution is -2.34. The van der Waals surface area contributed by atoms with Gasteiger partial charge in [-0.3, -0.25) is 4.90 Å². The van der Waals surface area contributed by atoms with Crippen molar-refractivity contribution in [2.24, 2.45) is 0 Å². The number of rotatable bonds is 7. The second-order valence-electron chi connectivity index (χ2n) is 4.89. The van der Waals surface area contributed by atoms with Gasteiger partial charge < -0.3 is 5.32 Å². The molecule has 0 fully saturated rings. The van der Waals surface area contributed by atoms with Crippen LogP contribution in [-0.4, -0.2) is 37.8 Å². The van der Waals surface area contributed by atoms with E-state index in [0.29, 0.717) is 6.54 Å². The SMILES string of the molecule is CCNC(CCN(C)CC(F)(F)F)c1cccc(F)c1F. The first-order valence-corrected chi connectivity index (χ1v) is 6.67. The van der Waals surface area contributed by atoms with E-state index in [1.165, 1.54) is 19.2 Å². The molecule has 0 spiro atoms. The molecule has 1 unspecified atom stereocenters. The van der Waals surface area contributed by atoms with Crippen LogP contribution in [-0.2, 0) is 0 Å². The summed E-state index contributed by atoms with van der Waals surface area (Å²) in [7, 11) is 1.35. The van der Waals surface area contributed by atoms with Crippen LogP contribution in [0.2, 0.25) is 0 Å². The predicted molar refractivity (Wildman–Crippen MR) is 70.9 cm³/mol. The van der Waals surface area contributed by atoms with E-state index in [1.54, 1.807) is 6.92 Å². The Morgan fingerprint density at radius 2 is 1.90 bits per heavy atom. The van der Waals surface area contributed by atoms with Crippen LogP contribution in [0, 0.1) is 11.6 Å². The quantitative estimate of drug-likeness (QED) is 0.776. The molecular formula is C14H19F5N2. The molecule has 0 amide bonds. The van der Waals surface area contributed by atoms with Crippen LogP contribution in [0.25, 0.3) is 0 Å². The van der Waals surface area contributed by atoms with Gasteiger partial charge in [-0.25, -0.2) is 8.78 Å². The maximum Gasteiger partial charge on any atom is 0.401 e. The summed E-state index contributed by atoms with van der Waals surface area (Å²) in [6.07, 6.45) is -4.02. The normalized spacial score (nSPS) is 13.7. The van der Waals surface area contributed by atoms with Crippen molar-refractivity contribution in [1.29, 1.82) is 0 Å². The largest absolute Gasteiger partial charge is 0.401 e. The fourth-order valence-electron chi connectivity index (χ4n) is 2.14. The Bertz CT molecular complexity index is 447. The third-order valence-corrected chi connectivity index (χ3v) is 3.06. The minimum absolute atomic E-state index is 0.118. The monoisotopic (exact) mass is 310 g/mol. The highest BCUT2D eigenvalue weighted by Gasteiger charge is 2.29. The Hall–Kier alpha value is -1.21. The summed E-state index contributed by atoms with van der Waals surface area (Å²) in [4.78, 5) is 1.11. The summed E-state index contributed by atoms with van der Waals surface area (Å²) < 4.78 is 63.8. The zero-order chi connectivity index (χ0) is 16.0. The number of benzene rings is 1. The summed E-state index contributed by atoms with van der Waals surface area (Å²) in [5, 5.41) is 2.97. The van der Waals surface area contributed by atoms with Crippen LogP contribution in [0.1, 0.15) is 24.9 Å². The van der Waals surface area contributed by atoms with Crippen LogP contribution in [0.3, 0.4) is 0 Å². The minimum Gasteiger partial charge on any atom is -0.310 e. The van der Waals surface area contributed by atoms with Crippen LogP contribution in [0.5, 0.6) is 0 Å². The molecule has 1 rings (SSSR count). The van der Waals surface area contributed by atoms with Crippen LogP contribution < -0.4 is 5.32 Å². The Morgan fingerprint density at radius 3 is 2.48 bits per heavy atom. The molecule has 21 heavy (non-hydrogen) atoms. The standard InChI is InChI=1S/C14H19F5N2/c1-3-20-12(7-8-21(2)9-14(17,18)19)10-5-4-6-11(15)13(10)16/h4-6,12,20H,3,7-9H2,1-2H3. The first kappa shape index (κ1) is 17.8. The van der Waals surface area contributed by atoms with Crippen LogP contribution in [0.15, 0.2) is 18.2 Å². The van der Waals surface area contributed by atoms with Gasteiger partial charge in [0.05, 0.1) is 6.54 Å². The number of hydrogen-bond acceptors (Lipinski definition) is 2. The van der Waals surface area contributed by atoms with Gasteiger partial charge in [0.1, 0.15) is 0 Å². The lowest BCUT2D eigenvalue weighted by molar-refractivity contribution is -0.143. The molecule has 7 heteroatoms. The number of hydrogen-bond donors (Lipinski definition) is 1. The lowest BCUT2D eigenvalue weighted by Gasteiger charge is -2.23. The van der Waals surface area contributed by atoms with Crippen molar-refractivity contribution in [3.05, 3.63) is 35.4 Å². The highest BCUT2D eigenvalue weighted by Crippen LogP contribution is 2.23. The Balaban J connectivity index is 2.72. The van der Waals surface area contributed by atoms with Gasteiger partial charge in [0, 0.05) is 11.6 Å². The average Bonchev–Trinajstić information content (AvgIpc) is 2.36. The van der Waals surface area contributed by atoms with E-state index >= 15 is 0 Å². The maximum atomic E-state index is 13.8. The Morgan fingerprint density at radius 1 is 1.24 bits per heavy atom. The Kier molecular flexibility index (Phi) is 6.54. The lowest BCUT2D eigenvalue weighted by atomic mass is 10.0. The third kappa shape index (κ3) is 5.97. The molecule has 1 aromatic carbocycles. The fourth-order valence-corrected chi connectivity index (χ4v) is 2.14. The molecule has 0 aliphatic carbocycles. The molecule has 1 atom stereocenters. The summed E-state index contributed by atoms with van der Waals surface area (Å²) in [6.45, 7) is 1.39. The van der Waals surface area contributed by atoms with Crippen molar-refractivity contribution < 1.29 is 22.0 Å². The molecule has 0 saturated heterocycles. The van der Waals surface area contributed by atoms with E-state index in [-0.39, 0.29) is 18.5 Å². The summed E-state index contributed by atoms with van der Waals surface area (Å²) in [5.74, 6) is -1.92. The first-order valence-electron chi connectivity index (χ1n) is 6.67. The zero-order valence-corrected chi connectivity index (χ0v) is 12.0. The molecule has 0 bridgehead atoms. The fraction of sp³-hybridized carbons (Fsp3) is 0.571. The Labute approximate surface area is 120 Å². The van der Waals surface area contributed by atoms with E-state index in [1.807, 2.05) is 0 Å². The number of nitrogens with one attached hydrogen (secondary N) is 1. The average molecular weight is 310 g/mol. The molecule has 1 N–H and O–H groups in total. The van der Waals surface area contributed by atoms with Crippen molar-refractivity contribution in [3.63, 3.8) is 0 Å². The minimum atomic E-state index is -4.27. The van der Waals surface area contributed by atoms with Crippen LogP contribution >= 0.6 is 0 Å². The van der Waals surface area contributed by atoms with Crippen molar-refractivity contribution in [1.82, 2.24) is 10.2 Å². The summed E-state index contributed by atoms with van der Waals surface area (Å²) in [6, 6.07) is 3.31. The summed E-state index contributed by atoms with van der Waals surface area (Å²) in [5.41, 5.74) is 0.136. The molecular weight excluding hydrogens is 291 g/mol. The van der Waals surface area contributed by atoms with E-state index in [4.69, 9.17) is 0 Å². The molecule has 0 heterocycles. The topological polar surface area (TPSA) is 15.3 Å².